The van der Waals surface area contributed by atoms with Crippen LogP contribution in [0.3, 0.4) is 0 Å². The highest BCUT2D eigenvalue weighted by Crippen LogP contribution is 2.32. The molecule has 1 N–H and O–H groups in total. The third-order valence-electron chi connectivity index (χ3n) is 2.58. The first-order chi connectivity index (χ1) is 6.59. The van der Waals surface area contributed by atoms with Gasteiger partial charge in [0.2, 0.25) is 5.91 Å². The molecule has 1 aliphatic rings. The second-order valence-corrected chi connectivity index (χ2v) is 3.57. The minimum atomic E-state index is -0.106. The number of nitrogens with one attached hydrogen (secondary N) is 1. The van der Waals surface area contributed by atoms with Crippen LogP contribution in [0.2, 0.25) is 0 Å². The molecule has 72 valence electrons. The van der Waals surface area contributed by atoms with Gasteiger partial charge in [-0.3, -0.25) is 9.59 Å². The van der Waals surface area contributed by atoms with Crippen LogP contribution in [0, 0.1) is 0 Å². The first kappa shape index (κ1) is 8.94. The van der Waals surface area contributed by atoms with E-state index in [0.29, 0.717) is 5.56 Å². The zero-order chi connectivity index (χ0) is 10.3. The summed E-state index contributed by atoms with van der Waals surface area (Å²) < 4.78 is 0. The molecular weight excluding hydrogens is 178 g/mol. The Labute approximate surface area is 82.1 Å². The predicted molar refractivity (Wildman–Crippen MR) is 53.5 cm³/mol. The molecule has 0 saturated heterocycles. The molecule has 0 bridgehead atoms. The monoisotopic (exact) mass is 189 g/mol. The van der Waals surface area contributed by atoms with Crippen molar-refractivity contribution in [3.63, 3.8) is 0 Å². The lowest BCUT2D eigenvalue weighted by molar-refractivity contribution is -0.116. The molecular formula is C11H11NO2. The number of benzene rings is 1. The van der Waals surface area contributed by atoms with E-state index in [4.69, 9.17) is 0 Å². The van der Waals surface area contributed by atoms with Crippen LogP contribution in [0.4, 0.5) is 5.69 Å². The van der Waals surface area contributed by atoms with Crippen molar-refractivity contribution in [3.8, 4) is 0 Å². The molecule has 0 spiro atoms. The van der Waals surface area contributed by atoms with Crippen LogP contribution in [0.25, 0.3) is 0 Å². The summed E-state index contributed by atoms with van der Waals surface area (Å²) in [6.07, 6.45) is 0. The van der Waals surface area contributed by atoms with Crippen LogP contribution < -0.4 is 5.32 Å². The van der Waals surface area contributed by atoms with Gasteiger partial charge in [-0.1, -0.05) is 12.1 Å². The number of carbonyl (C=O) groups is 2. The molecule has 0 aromatic heterocycles. The van der Waals surface area contributed by atoms with Crippen molar-refractivity contribution in [2.24, 2.45) is 0 Å². The second kappa shape index (κ2) is 2.94. The smallest absolute Gasteiger partial charge is 0.231 e. The largest absolute Gasteiger partial charge is 0.325 e. The molecule has 3 nitrogen and oxygen atoms in total. The Morgan fingerprint density at radius 3 is 2.79 bits per heavy atom. The highest BCUT2D eigenvalue weighted by molar-refractivity contribution is 6.04. The molecule has 0 aliphatic carbocycles. The van der Waals surface area contributed by atoms with Gasteiger partial charge in [0, 0.05) is 11.3 Å². The Hall–Kier alpha value is -1.64. The summed E-state index contributed by atoms with van der Waals surface area (Å²) in [6.45, 7) is 3.37. The van der Waals surface area contributed by atoms with Gasteiger partial charge in [-0.2, -0.15) is 0 Å². The maximum absolute atomic E-state index is 11.3. The van der Waals surface area contributed by atoms with E-state index in [1.165, 1.54) is 6.92 Å². The van der Waals surface area contributed by atoms with Crippen molar-refractivity contribution < 1.29 is 9.59 Å². The van der Waals surface area contributed by atoms with Gasteiger partial charge in [-0.25, -0.2) is 0 Å². The highest BCUT2D eigenvalue weighted by atomic mass is 16.2. The van der Waals surface area contributed by atoms with Gasteiger partial charge in [0.1, 0.15) is 0 Å². The molecule has 1 aromatic rings. The summed E-state index contributed by atoms with van der Waals surface area (Å²) in [5.74, 6) is -0.0895. The number of anilines is 1. The molecule has 0 unspecified atom stereocenters. The summed E-state index contributed by atoms with van der Waals surface area (Å²) in [4.78, 5) is 22.4. The fourth-order valence-corrected chi connectivity index (χ4v) is 1.64. The lowest BCUT2D eigenvalue weighted by atomic mass is 10.0. The van der Waals surface area contributed by atoms with Crippen molar-refractivity contribution in [3.05, 3.63) is 29.3 Å². The Morgan fingerprint density at radius 1 is 1.43 bits per heavy atom. The molecule has 1 aliphatic heterocycles. The lowest BCUT2D eigenvalue weighted by Gasteiger charge is -2.02. The molecule has 1 aromatic carbocycles. The Bertz CT molecular complexity index is 423. The van der Waals surface area contributed by atoms with Crippen molar-refractivity contribution in [1.29, 1.82) is 0 Å². The van der Waals surface area contributed by atoms with Gasteiger partial charge in [0.05, 0.1) is 5.92 Å². The molecule has 2 rings (SSSR count). The van der Waals surface area contributed by atoms with E-state index >= 15 is 0 Å². The minimum Gasteiger partial charge on any atom is -0.325 e. The maximum atomic E-state index is 11.3. The van der Waals surface area contributed by atoms with Crippen LogP contribution in [0.1, 0.15) is 35.7 Å². The zero-order valence-corrected chi connectivity index (χ0v) is 8.13. The van der Waals surface area contributed by atoms with Gasteiger partial charge in [0.15, 0.2) is 5.78 Å². The predicted octanol–water partition coefficient (Wildman–Crippen LogP) is 1.94. The van der Waals surface area contributed by atoms with Gasteiger partial charge in [-0.15, -0.1) is 0 Å². The fraction of sp³-hybridized carbons (Fsp3) is 0.273. The van der Waals surface area contributed by atoms with Gasteiger partial charge < -0.3 is 5.32 Å². The fourth-order valence-electron chi connectivity index (χ4n) is 1.64. The number of carbonyl (C=O) groups excluding carboxylic acids is 2. The number of fused-ring (bicyclic) bond motifs is 1. The molecule has 0 saturated carbocycles. The molecule has 0 fully saturated rings. The summed E-state index contributed by atoms with van der Waals surface area (Å²) >= 11 is 0. The number of hydrogen-bond donors (Lipinski definition) is 1. The number of rotatable bonds is 1. The minimum absolute atomic E-state index is 0.000650. The van der Waals surface area contributed by atoms with Crippen LogP contribution in [-0.4, -0.2) is 11.7 Å². The summed E-state index contributed by atoms with van der Waals surface area (Å²) in [5, 5.41) is 2.75. The van der Waals surface area contributed by atoms with Crippen molar-refractivity contribution in [2.75, 3.05) is 5.32 Å². The zero-order valence-electron chi connectivity index (χ0n) is 8.13. The SMILES string of the molecule is CC(=O)c1ccc2c(c1)NC(=O)[C@@H]2C. The Kier molecular flexibility index (Phi) is 1.88. The standard InChI is InChI=1S/C11H11NO2/c1-6-9-4-3-8(7(2)13)5-10(9)12-11(6)14/h3-6H,1-2H3,(H,12,14)/t6-/m1/s1. The van der Waals surface area contributed by atoms with Crippen LogP contribution in [0.15, 0.2) is 18.2 Å². The molecule has 14 heavy (non-hydrogen) atoms. The molecule has 3 heteroatoms. The second-order valence-electron chi connectivity index (χ2n) is 3.57. The van der Waals surface area contributed by atoms with Crippen LogP contribution in [0.5, 0.6) is 0 Å². The van der Waals surface area contributed by atoms with E-state index < -0.39 is 0 Å². The van der Waals surface area contributed by atoms with Crippen molar-refractivity contribution in [1.82, 2.24) is 0 Å². The van der Waals surface area contributed by atoms with Gasteiger partial charge >= 0.3 is 0 Å². The highest BCUT2D eigenvalue weighted by Gasteiger charge is 2.26. The summed E-state index contributed by atoms with van der Waals surface area (Å²) in [6, 6.07) is 5.34. The van der Waals surface area contributed by atoms with Crippen molar-refractivity contribution >= 4 is 17.4 Å². The quantitative estimate of drug-likeness (QED) is 0.686. The number of ketones is 1. The van der Waals surface area contributed by atoms with Crippen LogP contribution in [-0.2, 0) is 4.79 Å². The van der Waals surface area contributed by atoms with E-state index in [2.05, 4.69) is 5.32 Å². The Morgan fingerprint density at radius 2 is 2.14 bits per heavy atom. The number of hydrogen-bond acceptors (Lipinski definition) is 2. The topological polar surface area (TPSA) is 46.2 Å². The first-order valence-electron chi connectivity index (χ1n) is 4.55. The van der Waals surface area contributed by atoms with E-state index in [9.17, 15) is 9.59 Å². The molecule has 1 amide bonds. The average Bonchev–Trinajstić information content (AvgIpc) is 2.42. The third kappa shape index (κ3) is 1.21. The van der Waals surface area contributed by atoms with E-state index in [-0.39, 0.29) is 17.6 Å². The van der Waals surface area contributed by atoms with E-state index in [1.807, 2.05) is 13.0 Å². The van der Waals surface area contributed by atoms with Crippen molar-refractivity contribution in [2.45, 2.75) is 19.8 Å². The Balaban J connectivity index is 2.49. The normalized spacial score (nSPS) is 19.0. The molecule has 1 heterocycles. The maximum Gasteiger partial charge on any atom is 0.231 e. The lowest BCUT2D eigenvalue weighted by Crippen LogP contribution is -2.08. The number of amides is 1. The van der Waals surface area contributed by atoms with E-state index in [1.54, 1.807) is 12.1 Å². The summed E-state index contributed by atoms with van der Waals surface area (Å²) in [7, 11) is 0. The van der Waals surface area contributed by atoms with Gasteiger partial charge in [-0.05, 0) is 25.5 Å². The number of Topliss-reactive ketones (excluding diaryl/α,β-unsaturated/α-hetero) is 1. The summed E-state index contributed by atoms with van der Waals surface area (Å²) in [5.41, 5.74) is 2.38. The first-order valence-corrected chi connectivity index (χ1v) is 4.55. The van der Waals surface area contributed by atoms with Gasteiger partial charge in [0.25, 0.3) is 0 Å². The van der Waals surface area contributed by atoms with E-state index in [0.717, 1.165) is 11.3 Å². The van der Waals surface area contributed by atoms with Crippen LogP contribution >= 0.6 is 0 Å². The molecule has 1 atom stereocenters. The third-order valence-corrected chi connectivity index (χ3v) is 2.58. The average molecular weight is 189 g/mol. The molecule has 0 radical (unpaired) electrons.